The largest absolute Gasteiger partial charge is 0.342 e. The van der Waals surface area contributed by atoms with Gasteiger partial charge in [-0.3, -0.25) is 9.59 Å². The van der Waals surface area contributed by atoms with Crippen LogP contribution in [0.4, 0.5) is 0 Å². The van der Waals surface area contributed by atoms with Gasteiger partial charge in [-0.2, -0.15) is 0 Å². The van der Waals surface area contributed by atoms with Crippen LogP contribution in [0.25, 0.3) is 0 Å². The summed E-state index contributed by atoms with van der Waals surface area (Å²) in [7, 11) is 1.98. The van der Waals surface area contributed by atoms with E-state index in [0.717, 1.165) is 13.0 Å². The van der Waals surface area contributed by atoms with Gasteiger partial charge in [0, 0.05) is 19.6 Å². The van der Waals surface area contributed by atoms with Gasteiger partial charge in [-0.1, -0.05) is 30.3 Å². The average Bonchev–Trinajstić information content (AvgIpc) is 2.50. The molecule has 21 heavy (non-hydrogen) atoms. The molecule has 2 saturated heterocycles. The van der Waals surface area contributed by atoms with Crippen LogP contribution >= 0.6 is 0 Å². The average molecular weight is 287 g/mol. The number of rotatable bonds is 3. The van der Waals surface area contributed by atoms with Crippen LogP contribution in [0.5, 0.6) is 0 Å². The van der Waals surface area contributed by atoms with Crippen molar-refractivity contribution in [1.82, 2.24) is 15.1 Å². The number of hydrogen-bond donors (Lipinski definition) is 1. The Morgan fingerprint density at radius 3 is 2.71 bits per heavy atom. The molecule has 2 fully saturated rings. The lowest BCUT2D eigenvalue weighted by Crippen LogP contribution is -2.68. The number of aryl methyl sites for hydroxylation is 1. The summed E-state index contributed by atoms with van der Waals surface area (Å²) < 4.78 is 0. The molecular formula is C16H21N3O2. The van der Waals surface area contributed by atoms with Gasteiger partial charge in [-0.15, -0.1) is 0 Å². The molecule has 5 heteroatoms. The first-order valence-electron chi connectivity index (χ1n) is 7.48. The number of nitrogens with zero attached hydrogens (tertiary/aromatic N) is 2. The van der Waals surface area contributed by atoms with E-state index in [1.54, 1.807) is 4.90 Å². The zero-order valence-electron chi connectivity index (χ0n) is 12.3. The predicted molar refractivity (Wildman–Crippen MR) is 79.7 cm³/mol. The van der Waals surface area contributed by atoms with Crippen LogP contribution in [0, 0.1) is 0 Å². The maximum absolute atomic E-state index is 12.5. The highest BCUT2D eigenvalue weighted by Gasteiger charge is 2.42. The summed E-state index contributed by atoms with van der Waals surface area (Å²) in [5.74, 6) is 0.0582. The Hall–Kier alpha value is -1.88. The van der Waals surface area contributed by atoms with Gasteiger partial charge in [0.05, 0.1) is 0 Å². The van der Waals surface area contributed by atoms with Crippen molar-refractivity contribution in [3.05, 3.63) is 35.9 Å². The topological polar surface area (TPSA) is 52.6 Å². The van der Waals surface area contributed by atoms with Crippen molar-refractivity contribution in [2.75, 3.05) is 26.7 Å². The molecular weight excluding hydrogens is 266 g/mol. The lowest BCUT2D eigenvalue weighted by Gasteiger charge is -2.44. The molecule has 0 saturated carbocycles. The second-order valence-electron chi connectivity index (χ2n) is 5.90. The fourth-order valence-electron chi connectivity index (χ4n) is 3.09. The minimum absolute atomic E-state index is 0.0146. The van der Waals surface area contributed by atoms with Crippen LogP contribution in [-0.2, 0) is 16.0 Å². The number of likely N-dealkylation sites (N-methyl/N-ethyl adjacent to an activating group) is 1. The van der Waals surface area contributed by atoms with Crippen LogP contribution in [-0.4, -0.2) is 60.4 Å². The standard InChI is InChI=1S/C16H21N3O2/c1-18-9-10-19-14(11-18)15(20)17-13(16(19)21)8-7-12-5-3-2-4-6-12/h2-6,13-14H,7-11H2,1H3,(H,17,20). The summed E-state index contributed by atoms with van der Waals surface area (Å²) in [5.41, 5.74) is 1.19. The van der Waals surface area contributed by atoms with Crippen molar-refractivity contribution >= 4 is 11.8 Å². The first-order valence-corrected chi connectivity index (χ1v) is 7.48. The number of nitrogens with one attached hydrogen (secondary N) is 1. The summed E-state index contributed by atoms with van der Waals surface area (Å²) in [5, 5.41) is 2.90. The Balaban J connectivity index is 1.65. The smallest absolute Gasteiger partial charge is 0.245 e. The van der Waals surface area contributed by atoms with Gasteiger partial charge >= 0.3 is 0 Å². The van der Waals surface area contributed by atoms with Gasteiger partial charge < -0.3 is 15.1 Å². The molecule has 112 valence electrons. The normalized spacial score (nSPS) is 26.4. The third-order valence-electron chi connectivity index (χ3n) is 4.35. The highest BCUT2D eigenvalue weighted by Crippen LogP contribution is 2.18. The van der Waals surface area contributed by atoms with E-state index < -0.39 is 0 Å². The zero-order chi connectivity index (χ0) is 14.8. The summed E-state index contributed by atoms with van der Waals surface area (Å²) in [6.07, 6.45) is 1.46. The molecule has 1 aromatic carbocycles. The Morgan fingerprint density at radius 2 is 1.95 bits per heavy atom. The maximum atomic E-state index is 12.5. The van der Waals surface area contributed by atoms with Crippen molar-refractivity contribution in [3.63, 3.8) is 0 Å². The van der Waals surface area contributed by atoms with Crippen LogP contribution in [0.1, 0.15) is 12.0 Å². The van der Waals surface area contributed by atoms with Crippen LogP contribution in [0.15, 0.2) is 30.3 Å². The number of benzene rings is 1. The predicted octanol–water partition coefficient (Wildman–Crippen LogP) is 0.260. The lowest BCUT2D eigenvalue weighted by molar-refractivity contribution is -0.152. The Bertz CT molecular complexity index is 532. The lowest BCUT2D eigenvalue weighted by atomic mass is 9.99. The van der Waals surface area contributed by atoms with Crippen LogP contribution in [0.3, 0.4) is 0 Å². The van der Waals surface area contributed by atoms with Crippen LogP contribution < -0.4 is 5.32 Å². The first kappa shape index (κ1) is 14.1. The molecule has 2 aliphatic rings. The van der Waals surface area contributed by atoms with Gasteiger partial charge in [0.15, 0.2) is 0 Å². The number of fused-ring (bicyclic) bond motifs is 1. The second kappa shape index (κ2) is 5.85. The third-order valence-corrected chi connectivity index (χ3v) is 4.35. The number of amides is 2. The summed E-state index contributed by atoms with van der Waals surface area (Å²) >= 11 is 0. The van der Waals surface area contributed by atoms with Crippen molar-refractivity contribution in [2.45, 2.75) is 24.9 Å². The van der Waals surface area contributed by atoms with E-state index in [9.17, 15) is 9.59 Å². The Labute approximate surface area is 124 Å². The van der Waals surface area contributed by atoms with Crippen molar-refractivity contribution in [2.24, 2.45) is 0 Å². The van der Waals surface area contributed by atoms with E-state index in [-0.39, 0.29) is 23.9 Å². The molecule has 2 aliphatic heterocycles. The van der Waals surface area contributed by atoms with Gasteiger partial charge in [-0.25, -0.2) is 0 Å². The summed E-state index contributed by atoms with van der Waals surface area (Å²) in [6.45, 7) is 2.11. The zero-order valence-corrected chi connectivity index (χ0v) is 12.3. The second-order valence-corrected chi connectivity index (χ2v) is 5.90. The Kier molecular flexibility index (Phi) is 3.92. The van der Waals surface area contributed by atoms with E-state index in [1.165, 1.54) is 5.56 Å². The molecule has 0 aliphatic carbocycles. The SMILES string of the molecule is CN1CCN2C(=O)C(CCc3ccccc3)NC(=O)C2C1. The maximum Gasteiger partial charge on any atom is 0.245 e. The number of carbonyl (C=O) groups is 2. The molecule has 2 amide bonds. The number of carbonyl (C=O) groups excluding carboxylic acids is 2. The number of hydrogen-bond acceptors (Lipinski definition) is 3. The van der Waals surface area contributed by atoms with E-state index in [2.05, 4.69) is 10.2 Å². The fraction of sp³-hybridized carbons (Fsp3) is 0.500. The van der Waals surface area contributed by atoms with Crippen LogP contribution in [0.2, 0.25) is 0 Å². The number of piperazine rings is 2. The van der Waals surface area contributed by atoms with E-state index in [4.69, 9.17) is 0 Å². The van der Waals surface area contributed by atoms with Gasteiger partial charge in [-0.05, 0) is 25.5 Å². The molecule has 2 atom stereocenters. The molecule has 0 spiro atoms. The summed E-state index contributed by atoms with van der Waals surface area (Å²) in [6, 6.07) is 9.37. The van der Waals surface area contributed by atoms with E-state index in [1.807, 2.05) is 37.4 Å². The first-order chi connectivity index (χ1) is 10.1. The molecule has 2 heterocycles. The quantitative estimate of drug-likeness (QED) is 0.867. The highest BCUT2D eigenvalue weighted by atomic mass is 16.2. The minimum Gasteiger partial charge on any atom is -0.342 e. The minimum atomic E-state index is -0.377. The van der Waals surface area contributed by atoms with Crippen molar-refractivity contribution in [1.29, 1.82) is 0 Å². The van der Waals surface area contributed by atoms with Gasteiger partial charge in [0.2, 0.25) is 11.8 Å². The molecule has 0 bridgehead atoms. The molecule has 1 N–H and O–H groups in total. The summed E-state index contributed by atoms with van der Waals surface area (Å²) in [4.78, 5) is 28.6. The molecule has 2 unspecified atom stereocenters. The van der Waals surface area contributed by atoms with E-state index >= 15 is 0 Å². The fourth-order valence-corrected chi connectivity index (χ4v) is 3.09. The van der Waals surface area contributed by atoms with Gasteiger partial charge in [0.1, 0.15) is 12.1 Å². The monoisotopic (exact) mass is 287 g/mol. The highest BCUT2D eigenvalue weighted by molar-refractivity contribution is 5.97. The van der Waals surface area contributed by atoms with E-state index in [0.29, 0.717) is 19.5 Å². The molecule has 0 aromatic heterocycles. The van der Waals surface area contributed by atoms with Crippen molar-refractivity contribution < 1.29 is 9.59 Å². The molecule has 5 nitrogen and oxygen atoms in total. The molecule has 0 radical (unpaired) electrons. The Morgan fingerprint density at radius 1 is 1.19 bits per heavy atom. The molecule has 3 rings (SSSR count). The van der Waals surface area contributed by atoms with Crippen molar-refractivity contribution in [3.8, 4) is 0 Å². The third kappa shape index (κ3) is 2.93. The van der Waals surface area contributed by atoms with Gasteiger partial charge in [0.25, 0.3) is 0 Å². The molecule has 1 aromatic rings.